The average molecular weight is 198 g/mol. The summed E-state index contributed by atoms with van der Waals surface area (Å²) in [6.45, 7) is 11.8. The van der Waals surface area contributed by atoms with Gasteiger partial charge in [0.1, 0.15) is 0 Å². The molecule has 1 heterocycles. The van der Waals surface area contributed by atoms with Crippen molar-refractivity contribution >= 4 is 0 Å². The minimum Gasteiger partial charge on any atom is -0.313 e. The first-order valence-corrected chi connectivity index (χ1v) is 6.22. The van der Waals surface area contributed by atoms with E-state index in [0.29, 0.717) is 6.04 Å². The molecule has 2 nitrogen and oxygen atoms in total. The molecule has 1 aliphatic heterocycles. The molecule has 1 rings (SSSR count). The van der Waals surface area contributed by atoms with Gasteiger partial charge in [0.15, 0.2) is 0 Å². The monoisotopic (exact) mass is 198 g/mol. The number of piperidine rings is 1. The van der Waals surface area contributed by atoms with Gasteiger partial charge in [-0.1, -0.05) is 20.8 Å². The Morgan fingerprint density at radius 3 is 2.79 bits per heavy atom. The highest BCUT2D eigenvalue weighted by atomic mass is 15.2. The number of hydrogen-bond acceptors (Lipinski definition) is 2. The Bertz CT molecular complexity index is 147. The Morgan fingerprint density at radius 2 is 2.21 bits per heavy atom. The maximum Gasteiger partial charge on any atom is 0.0192 e. The lowest BCUT2D eigenvalue weighted by atomic mass is 9.99. The van der Waals surface area contributed by atoms with Gasteiger partial charge >= 0.3 is 0 Å². The lowest BCUT2D eigenvalue weighted by Gasteiger charge is -2.33. The summed E-state index contributed by atoms with van der Waals surface area (Å²) >= 11 is 0. The normalized spacial score (nSPS) is 26.4. The lowest BCUT2D eigenvalue weighted by molar-refractivity contribution is 0.166. The van der Waals surface area contributed by atoms with Gasteiger partial charge in [-0.05, 0) is 38.3 Å². The van der Waals surface area contributed by atoms with Crippen molar-refractivity contribution in [3.8, 4) is 0 Å². The zero-order chi connectivity index (χ0) is 10.4. The maximum absolute atomic E-state index is 3.55. The van der Waals surface area contributed by atoms with Gasteiger partial charge in [0.25, 0.3) is 0 Å². The first kappa shape index (κ1) is 12.0. The quantitative estimate of drug-likeness (QED) is 0.728. The predicted octanol–water partition coefficient (Wildman–Crippen LogP) is 2.11. The van der Waals surface area contributed by atoms with E-state index in [0.717, 1.165) is 12.5 Å². The van der Waals surface area contributed by atoms with E-state index in [1.807, 2.05) is 0 Å². The second kappa shape index (κ2) is 6.41. The Labute approximate surface area is 89.1 Å². The van der Waals surface area contributed by atoms with E-state index < -0.39 is 0 Å². The second-order valence-corrected chi connectivity index (χ2v) is 4.67. The van der Waals surface area contributed by atoms with Crippen LogP contribution in [0.5, 0.6) is 0 Å². The van der Waals surface area contributed by atoms with Gasteiger partial charge < -0.3 is 10.2 Å². The lowest BCUT2D eigenvalue weighted by Crippen LogP contribution is -2.44. The summed E-state index contributed by atoms with van der Waals surface area (Å²) < 4.78 is 0. The minimum absolute atomic E-state index is 0.699. The molecule has 14 heavy (non-hydrogen) atoms. The highest BCUT2D eigenvalue weighted by molar-refractivity contribution is 4.75. The SMILES string of the molecule is CCNC(CC)CN1CCCC(C)C1. The van der Waals surface area contributed by atoms with Crippen LogP contribution in [0.3, 0.4) is 0 Å². The smallest absolute Gasteiger partial charge is 0.0192 e. The second-order valence-electron chi connectivity index (χ2n) is 4.67. The summed E-state index contributed by atoms with van der Waals surface area (Å²) in [6.07, 6.45) is 4.07. The molecule has 0 aromatic carbocycles. The largest absolute Gasteiger partial charge is 0.313 e. The van der Waals surface area contributed by atoms with Crippen LogP contribution in [0.2, 0.25) is 0 Å². The molecule has 0 bridgehead atoms. The van der Waals surface area contributed by atoms with E-state index in [-0.39, 0.29) is 0 Å². The van der Waals surface area contributed by atoms with Crippen molar-refractivity contribution in [1.82, 2.24) is 10.2 Å². The summed E-state index contributed by atoms with van der Waals surface area (Å²) in [5, 5.41) is 3.55. The first-order valence-electron chi connectivity index (χ1n) is 6.22. The highest BCUT2D eigenvalue weighted by Crippen LogP contribution is 2.15. The van der Waals surface area contributed by atoms with Gasteiger partial charge in [-0.25, -0.2) is 0 Å². The third-order valence-corrected chi connectivity index (χ3v) is 3.21. The van der Waals surface area contributed by atoms with Gasteiger partial charge in [-0.2, -0.15) is 0 Å². The molecule has 0 spiro atoms. The number of likely N-dealkylation sites (N-methyl/N-ethyl adjacent to an activating group) is 1. The van der Waals surface area contributed by atoms with Crippen LogP contribution in [0, 0.1) is 5.92 Å². The van der Waals surface area contributed by atoms with Crippen molar-refractivity contribution in [2.45, 2.75) is 46.1 Å². The van der Waals surface area contributed by atoms with Crippen LogP contribution in [-0.4, -0.2) is 37.1 Å². The summed E-state index contributed by atoms with van der Waals surface area (Å²) in [5.41, 5.74) is 0. The molecule has 1 aliphatic rings. The molecule has 1 saturated heterocycles. The van der Waals surface area contributed by atoms with E-state index in [2.05, 4.69) is 31.0 Å². The zero-order valence-corrected chi connectivity index (χ0v) is 10.1. The van der Waals surface area contributed by atoms with Crippen LogP contribution in [0.25, 0.3) is 0 Å². The van der Waals surface area contributed by atoms with E-state index in [1.165, 1.54) is 38.9 Å². The number of nitrogens with zero attached hydrogens (tertiary/aromatic N) is 1. The van der Waals surface area contributed by atoms with Crippen LogP contribution in [0.15, 0.2) is 0 Å². The molecule has 0 aliphatic carbocycles. The van der Waals surface area contributed by atoms with Crippen LogP contribution in [-0.2, 0) is 0 Å². The molecular formula is C12H26N2. The molecule has 2 unspecified atom stereocenters. The van der Waals surface area contributed by atoms with Crippen LogP contribution in [0.4, 0.5) is 0 Å². The fraction of sp³-hybridized carbons (Fsp3) is 1.00. The predicted molar refractivity (Wildman–Crippen MR) is 62.6 cm³/mol. The third kappa shape index (κ3) is 3.97. The number of nitrogens with one attached hydrogen (secondary N) is 1. The molecule has 0 radical (unpaired) electrons. The van der Waals surface area contributed by atoms with Crippen molar-refractivity contribution in [3.05, 3.63) is 0 Å². The molecule has 2 atom stereocenters. The van der Waals surface area contributed by atoms with E-state index in [1.54, 1.807) is 0 Å². The van der Waals surface area contributed by atoms with Crippen LogP contribution in [0.1, 0.15) is 40.0 Å². The molecule has 0 amide bonds. The van der Waals surface area contributed by atoms with Crippen molar-refractivity contribution in [3.63, 3.8) is 0 Å². The zero-order valence-electron chi connectivity index (χ0n) is 10.1. The highest BCUT2D eigenvalue weighted by Gasteiger charge is 2.18. The molecular weight excluding hydrogens is 172 g/mol. The molecule has 1 fully saturated rings. The van der Waals surface area contributed by atoms with Gasteiger partial charge in [-0.3, -0.25) is 0 Å². The van der Waals surface area contributed by atoms with Gasteiger partial charge in [0.05, 0.1) is 0 Å². The summed E-state index contributed by atoms with van der Waals surface area (Å²) in [5.74, 6) is 0.905. The fourth-order valence-electron chi connectivity index (χ4n) is 2.39. The van der Waals surface area contributed by atoms with E-state index in [4.69, 9.17) is 0 Å². The third-order valence-electron chi connectivity index (χ3n) is 3.21. The molecule has 1 N–H and O–H groups in total. The topological polar surface area (TPSA) is 15.3 Å². The van der Waals surface area contributed by atoms with E-state index in [9.17, 15) is 0 Å². The molecule has 0 aromatic heterocycles. The maximum atomic E-state index is 3.55. The fourth-order valence-corrected chi connectivity index (χ4v) is 2.39. The Balaban J connectivity index is 2.26. The molecule has 0 saturated carbocycles. The van der Waals surface area contributed by atoms with Crippen LogP contribution >= 0.6 is 0 Å². The molecule has 2 heteroatoms. The van der Waals surface area contributed by atoms with Gasteiger partial charge in [0, 0.05) is 19.1 Å². The van der Waals surface area contributed by atoms with Crippen molar-refractivity contribution < 1.29 is 0 Å². The molecule has 0 aromatic rings. The minimum atomic E-state index is 0.699. The Hall–Kier alpha value is -0.0800. The summed E-state index contributed by atoms with van der Waals surface area (Å²) in [4.78, 5) is 2.63. The van der Waals surface area contributed by atoms with Crippen molar-refractivity contribution in [1.29, 1.82) is 0 Å². The van der Waals surface area contributed by atoms with Crippen molar-refractivity contribution in [2.24, 2.45) is 5.92 Å². The Morgan fingerprint density at radius 1 is 1.43 bits per heavy atom. The number of hydrogen-bond donors (Lipinski definition) is 1. The standard InChI is InChI=1S/C12H26N2/c1-4-12(13-5-2)10-14-8-6-7-11(3)9-14/h11-13H,4-10H2,1-3H3. The Kier molecular flexibility index (Phi) is 5.49. The van der Waals surface area contributed by atoms with E-state index >= 15 is 0 Å². The summed E-state index contributed by atoms with van der Waals surface area (Å²) in [7, 11) is 0. The average Bonchev–Trinajstić information content (AvgIpc) is 2.17. The first-order chi connectivity index (χ1) is 6.76. The van der Waals surface area contributed by atoms with Crippen LogP contribution < -0.4 is 5.32 Å². The van der Waals surface area contributed by atoms with Gasteiger partial charge in [-0.15, -0.1) is 0 Å². The molecule has 84 valence electrons. The van der Waals surface area contributed by atoms with Crippen molar-refractivity contribution in [2.75, 3.05) is 26.2 Å². The number of rotatable bonds is 5. The number of likely N-dealkylation sites (tertiary alicyclic amines) is 1. The summed E-state index contributed by atoms with van der Waals surface area (Å²) in [6, 6.07) is 0.699. The van der Waals surface area contributed by atoms with Gasteiger partial charge in [0.2, 0.25) is 0 Å².